The van der Waals surface area contributed by atoms with Crippen molar-refractivity contribution in [1.29, 1.82) is 0 Å². The van der Waals surface area contributed by atoms with Crippen molar-refractivity contribution in [2.24, 2.45) is 7.05 Å². The summed E-state index contributed by atoms with van der Waals surface area (Å²) >= 11 is 1.51. The van der Waals surface area contributed by atoms with Gasteiger partial charge in [0, 0.05) is 36.9 Å². The van der Waals surface area contributed by atoms with Crippen LogP contribution in [0.15, 0.2) is 17.6 Å². The summed E-state index contributed by atoms with van der Waals surface area (Å²) in [7, 11) is 1.81. The summed E-state index contributed by atoms with van der Waals surface area (Å²) in [5, 5.41) is 12.8. The molecule has 9 heteroatoms. The predicted molar refractivity (Wildman–Crippen MR) is 100 cm³/mol. The monoisotopic (exact) mass is 376 g/mol. The molecule has 0 spiro atoms. The van der Waals surface area contributed by atoms with Gasteiger partial charge in [-0.3, -0.25) is 14.4 Å². The van der Waals surface area contributed by atoms with Crippen LogP contribution in [0.25, 0.3) is 0 Å². The number of hydrogen-bond donors (Lipinski definition) is 2. The van der Waals surface area contributed by atoms with Crippen LogP contribution < -0.4 is 15.5 Å². The molecule has 0 unspecified atom stereocenters. The largest absolute Gasteiger partial charge is 0.327 e. The highest BCUT2D eigenvalue weighted by Crippen LogP contribution is 2.24. The smallest absolute Gasteiger partial charge is 0.316 e. The van der Waals surface area contributed by atoms with Crippen molar-refractivity contribution in [3.05, 3.63) is 28.3 Å². The van der Waals surface area contributed by atoms with Crippen LogP contribution in [0.5, 0.6) is 0 Å². The molecule has 2 aromatic heterocycles. The first kappa shape index (κ1) is 18.4. The highest BCUT2D eigenvalue weighted by Gasteiger charge is 2.33. The van der Waals surface area contributed by atoms with Crippen LogP contribution >= 0.6 is 11.3 Å². The molecule has 0 aromatic carbocycles. The lowest BCUT2D eigenvalue weighted by Gasteiger charge is -2.32. The van der Waals surface area contributed by atoms with Crippen LogP contribution in [0.1, 0.15) is 37.4 Å². The van der Waals surface area contributed by atoms with Crippen LogP contribution in [-0.4, -0.2) is 39.3 Å². The highest BCUT2D eigenvalue weighted by molar-refractivity contribution is 7.09. The Kier molecular flexibility index (Phi) is 4.99. The third-order valence-electron chi connectivity index (χ3n) is 4.30. The number of piperidine rings is 1. The zero-order valence-corrected chi connectivity index (χ0v) is 16.3. The molecule has 8 nitrogen and oxygen atoms in total. The Labute approximate surface area is 156 Å². The fourth-order valence-corrected chi connectivity index (χ4v) is 3.83. The molecule has 2 aromatic rings. The van der Waals surface area contributed by atoms with Crippen molar-refractivity contribution in [1.82, 2.24) is 25.4 Å². The third kappa shape index (κ3) is 3.87. The second-order valence-corrected chi connectivity index (χ2v) is 7.91. The first-order valence-electron chi connectivity index (χ1n) is 8.58. The summed E-state index contributed by atoms with van der Waals surface area (Å²) in [4.78, 5) is 31.3. The minimum absolute atomic E-state index is 0.131. The van der Waals surface area contributed by atoms with E-state index in [2.05, 4.69) is 20.7 Å². The minimum atomic E-state index is -0.610. The van der Waals surface area contributed by atoms with E-state index in [9.17, 15) is 9.59 Å². The SMILES string of the molecule is Cc1csc(C(C)(C)NC(=O)N[C@@H]2CCCN(c3ccn(C)n3)C2=O)n1. The Morgan fingerprint density at radius 3 is 2.81 bits per heavy atom. The predicted octanol–water partition coefficient (Wildman–Crippen LogP) is 1.91. The first-order chi connectivity index (χ1) is 12.3. The number of nitrogens with zero attached hydrogens (tertiary/aromatic N) is 4. The summed E-state index contributed by atoms with van der Waals surface area (Å²) in [6, 6.07) is 0.873. The number of aromatic nitrogens is 3. The van der Waals surface area contributed by atoms with Crippen LogP contribution in [0.4, 0.5) is 10.6 Å². The molecule has 3 rings (SSSR count). The zero-order valence-electron chi connectivity index (χ0n) is 15.4. The number of aryl methyl sites for hydroxylation is 2. The molecule has 0 aliphatic carbocycles. The maximum absolute atomic E-state index is 12.7. The fourth-order valence-electron chi connectivity index (χ4n) is 2.96. The Bertz CT molecular complexity index is 812. The number of thiazole rings is 1. The third-order valence-corrected chi connectivity index (χ3v) is 5.58. The molecule has 1 aliphatic rings. The Hall–Kier alpha value is -2.42. The standard InChI is InChI=1S/C17H24N6O2S/c1-11-10-26-15(18-11)17(2,3)20-16(25)19-12-6-5-8-23(14(12)24)13-7-9-22(4)21-13/h7,9-10,12H,5-6,8H2,1-4H3,(H2,19,20,25)/t12-/m1/s1. The van der Waals surface area contributed by atoms with E-state index in [1.54, 1.807) is 21.8 Å². The molecule has 1 atom stereocenters. The van der Waals surface area contributed by atoms with Crippen LogP contribution in [0, 0.1) is 6.92 Å². The van der Waals surface area contributed by atoms with Crippen LogP contribution in [0.2, 0.25) is 0 Å². The molecule has 0 bridgehead atoms. The molecule has 0 radical (unpaired) electrons. The number of amides is 3. The van der Waals surface area contributed by atoms with E-state index in [0.717, 1.165) is 17.1 Å². The van der Waals surface area contributed by atoms with E-state index in [0.29, 0.717) is 18.8 Å². The number of nitrogens with one attached hydrogen (secondary N) is 2. The van der Waals surface area contributed by atoms with Gasteiger partial charge >= 0.3 is 6.03 Å². The van der Waals surface area contributed by atoms with Crippen LogP contribution in [-0.2, 0) is 17.4 Å². The maximum Gasteiger partial charge on any atom is 0.316 e. The van der Waals surface area contributed by atoms with Gasteiger partial charge in [-0.25, -0.2) is 9.78 Å². The summed E-state index contributed by atoms with van der Waals surface area (Å²) < 4.78 is 1.66. The van der Waals surface area contributed by atoms with Gasteiger partial charge in [-0.05, 0) is 33.6 Å². The number of hydrogen-bond acceptors (Lipinski definition) is 5. The molecule has 3 amide bonds. The summed E-state index contributed by atoms with van der Waals surface area (Å²) in [6.45, 7) is 6.32. The van der Waals surface area contributed by atoms with Crippen molar-refractivity contribution in [3.63, 3.8) is 0 Å². The van der Waals surface area contributed by atoms with Crippen molar-refractivity contribution in [3.8, 4) is 0 Å². The molecule has 3 heterocycles. The van der Waals surface area contributed by atoms with Gasteiger partial charge in [-0.1, -0.05) is 0 Å². The summed E-state index contributed by atoms with van der Waals surface area (Å²) in [5.74, 6) is 0.482. The number of carbonyl (C=O) groups is 2. The molecular formula is C17H24N6O2S. The molecule has 140 valence electrons. The van der Waals surface area contributed by atoms with Gasteiger partial charge in [0.25, 0.3) is 5.91 Å². The zero-order chi connectivity index (χ0) is 18.9. The number of urea groups is 1. The Balaban J connectivity index is 1.64. The molecule has 0 saturated carbocycles. The second kappa shape index (κ2) is 7.06. The van der Waals surface area contributed by atoms with Gasteiger partial charge in [0.1, 0.15) is 11.0 Å². The van der Waals surface area contributed by atoms with Gasteiger partial charge in [0.2, 0.25) is 0 Å². The molecule has 1 fully saturated rings. The average molecular weight is 376 g/mol. The lowest BCUT2D eigenvalue weighted by atomic mass is 10.0. The lowest BCUT2D eigenvalue weighted by Crippen LogP contribution is -2.56. The first-order valence-corrected chi connectivity index (χ1v) is 9.46. The van der Waals surface area contributed by atoms with Gasteiger partial charge in [0.15, 0.2) is 5.82 Å². The maximum atomic E-state index is 12.7. The highest BCUT2D eigenvalue weighted by atomic mass is 32.1. The number of anilines is 1. The van der Waals surface area contributed by atoms with E-state index in [-0.39, 0.29) is 11.9 Å². The van der Waals surface area contributed by atoms with E-state index in [1.807, 2.05) is 33.2 Å². The van der Waals surface area contributed by atoms with Crippen molar-refractivity contribution >= 4 is 29.1 Å². The van der Waals surface area contributed by atoms with Crippen molar-refractivity contribution < 1.29 is 9.59 Å². The molecular weight excluding hydrogens is 352 g/mol. The van der Waals surface area contributed by atoms with Gasteiger partial charge in [-0.2, -0.15) is 5.10 Å². The van der Waals surface area contributed by atoms with Gasteiger partial charge < -0.3 is 10.6 Å². The van der Waals surface area contributed by atoms with Gasteiger partial charge in [-0.15, -0.1) is 11.3 Å². The minimum Gasteiger partial charge on any atom is -0.327 e. The Morgan fingerprint density at radius 2 is 2.19 bits per heavy atom. The van der Waals surface area contributed by atoms with Gasteiger partial charge in [0.05, 0.1) is 5.54 Å². The average Bonchev–Trinajstić information content (AvgIpc) is 3.18. The Morgan fingerprint density at radius 1 is 1.42 bits per heavy atom. The van der Waals surface area contributed by atoms with Crippen molar-refractivity contribution in [2.75, 3.05) is 11.4 Å². The fraction of sp³-hybridized carbons (Fsp3) is 0.529. The van der Waals surface area contributed by atoms with E-state index < -0.39 is 11.6 Å². The number of rotatable bonds is 4. The molecule has 26 heavy (non-hydrogen) atoms. The second-order valence-electron chi connectivity index (χ2n) is 7.05. The molecule has 1 saturated heterocycles. The van der Waals surface area contributed by atoms with E-state index in [4.69, 9.17) is 0 Å². The number of carbonyl (C=O) groups excluding carboxylic acids is 2. The molecule has 2 N–H and O–H groups in total. The summed E-state index contributed by atoms with van der Waals surface area (Å²) in [5.41, 5.74) is 0.315. The normalized spacial score (nSPS) is 18.1. The van der Waals surface area contributed by atoms with E-state index >= 15 is 0 Å². The summed E-state index contributed by atoms with van der Waals surface area (Å²) in [6.07, 6.45) is 3.22. The van der Waals surface area contributed by atoms with Crippen LogP contribution in [0.3, 0.4) is 0 Å². The quantitative estimate of drug-likeness (QED) is 0.853. The topological polar surface area (TPSA) is 92.2 Å². The van der Waals surface area contributed by atoms with E-state index in [1.165, 1.54) is 11.3 Å². The lowest BCUT2D eigenvalue weighted by molar-refractivity contribution is -0.121. The molecule has 1 aliphatic heterocycles. The van der Waals surface area contributed by atoms with Crippen molar-refractivity contribution in [2.45, 2.75) is 45.2 Å².